The first-order chi connectivity index (χ1) is 10.1. The summed E-state index contributed by atoms with van der Waals surface area (Å²) in [6, 6.07) is 9.20. The normalized spacial score (nSPS) is 23.0. The Labute approximate surface area is 126 Å². The fraction of sp³-hybridized carbons (Fsp3) is 0.400. The molecule has 0 spiro atoms. The molecule has 2 N–H and O–H groups in total. The number of carbonyl (C=O) groups is 2. The molecule has 0 saturated heterocycles. The van der Waals surface area contributed by atoms with Crippen molar-refractivity contribution >= 4 is 28.7 Å². The summed E-state index contributed by atoms with van der Waals surface area (Å²) >= 11 is 1.53. The maximum absolute atomic E-state index is 12.2. The van der Waals surface area contributed by atoms with E-state index in [0.29, 0.717) is 18.6 Å². The van der Waals surface area contributed by atoms with E-state index in [1.807, 2.05) is 30.3 Å². The van der Waals surface area contributed by atoms with Gasteiger partial charge < -0.3 is 10.4 Å². The van der Waals surface area contributed by atoms with Crippen molar-refractivity contribution in [1.82, 2.24) is 5.32 Å². The van der Waals surface area contributed by atoms with Gasteiger partial charge in [-0.3, -0.25) is 9.79 Å². The first-order valence-corrected chi connectivity index (χ1v) is 7.91. The second-order valence-electron chi connectivity index (χ2n) is 5.36. The number of aliphatic carboxylic acids is 1. The number of hydrogen-bond donors (Lipinski definition) is 2. The maximum atomic E-state index is 12.2. The van der Waals surface area contributed by atoms with Crippen LogP contribution in [0.15, 0.2) is 35.3 Å². The molecule has 0 radical (unpaired) electrons. The van der Waals surface area contributed by atoms with Crippen LogP contribution in [0, 0.1) is 0 Å². The monoisotopic (exact) mass is 304 g/mol. The Morgan fingerprint density at radius 1 is 1.29 bits per heavy atom. The summed E-state index contributed by atoms with van der Waals surface area (Å²) in [5.41, 5.74) is -0.0679. The van der Waals surface area contributed by atoms with Crippen LogP contribution in [0.5, 0.6) is 0 Å². The van der Waals surface area contributed by atoms with E-state index >= 15 is 0 Å². The number of carbonyl (C=O) groups excluding carboxylic acids is 1. The fourth-order valence-electron chi connectivity index (χ4n) is 2.49. The first kappa shape index (κ1) is 14.1. The predicted molar refractivity (Wildman–Crippen MR) is 81.6 cm³/mol. The molecule has 1 fully saturated rings. The van der Waals surface area contributed by atoms with Gasteiger partial charge in [-0.2, -0.15) is 0 Å². The van der Waals surface area contributed by atoms with E-state index in [1.165, 1.54) is 11.8 Å². The highest BCUT2D eigenvalue weighted by molar-refractivity contribution is 8.14. The van der Waals surface area contributed by atoms with Gasteiger partial charge >= 0.3 is 5.97 Å². The second kappa shape index (κ2) is 5.52. The van der Waals surface area contributed by atoms with E-state index in [2.05, 4.69) is 10.3 Å². The van der Waals surface area contributed by atoms with Gasteiger partial charge in [-0.1, -0.05) is 30.3 Å². The summed E-state index contributed by atoms with van der Waals surface area (Å²) in [6.45, 7) is 0. The number of nitrogens with zero attached hydrogens (tertiary/aromatic N) is 1. The largest absolute Gasteiger partial charge is 0.480 e. The molecule has 21 heavy (non-hydrogen) atoms. The van der Waals surface area contributed by atoms with Crippen molar-refractivity contribution < 1.29 is 14.7 Å². The zero-order chi connectivity index (χ0) is 14.9. The minimum Gasteiger partial charge on any atom is -0.480 e. The molecule has 1 unspecified atom stereocenters. The van der Waals surface area contributed by atoms with Crippen LogP contribution < -0.4 is 5.32 Å². The lowest BCUT2D eigenvalue weighted by molar-refractivity contribution is -0.151. The lowest BCUT2D eigenvalue weighted by atomic mass is 9.76. The number of amides is 1. The van der Waals surface area contributed by atoms with Crippen molar-refractivity contribution in [3.8, 4) is 0 Å². The smallest absolute Gasteiger partial charge is 0.329 e. The standard InChI is InChI=1S/C15H16N2O3S/c18-12(17-15(14(19)20)7-4-8-15)11-9-21-13(16-11)10-5-2-1-3-6-10/h1-3,5-6,11H,4,7-9H2,(H,17,18)(H,19,20). The lowest BCUT2D eigenvalue weighted by Crippen LogP contribution is -2.60. The zero-order valence-electron chi connectivity index (χ0n) is 11.4. The number of carboxylic acids is 1. The van der Waals surface area contributed by atoms with Crippen LogP contribution in [0.1, 0.15) is 24.8 Å². The van der Waals surface area contributed by atoms with Crippen molar-refractivity contribution in [2.24, 2.45) is 4.99 Å². The molecule has 1 aromatic carbocycles. The van der Waals surface area contributed by atoms with Gasteiger partial charge in [0.25, 0.3) is 0 Å². The van der Waals surface area contributed by atoms with Crippen LogP contribution in [-0.2, 0) is 9.59 Å². The number of carboxylic acid groups (broad SMARTS) is 1. The zero-order valence-corrected chi connectivity index (χ0v) is 12.2. The molecule has 1 aromatic rings. The average molecular weight is 304 g/mol. The molecule has 0 aromatic heterocycles. The van der Waals surface area contributed by atoms with Crippen molar-refractivity contribution in [2.75, 3.05) is 5.75 Å². The highest BCUT2D eigenvalue weighted by Crippen LogP contribution is 2.33. The molecule has 110 valence electrons. The Balaban J connectivity index is 1.70. The van der Waals surface area contributed by atoms with Gasteiger partial charge in [0.2, 0.25) is 5.91 Å². The van der Waals surface area contributed by atoms with E-state index in [1.54, 1.807) is 0 Å². The van der Waals surface area contributed by atoms with Gasteiger partial charge in [0.15, 0.2) is 0 Å². The molecule has 1 aliphatic heterocycles. The Kier molecular flexibility index (Phi) is 3.71. The molecule has 1 atom stereocenters. The average Bonchev–Trinajstić information content (AvgIpc) is 2.93. The number of thioether (sulfide) groups is 1. The first-order valence-electron chi connectivity index (χ1n) is 6.92. The molecule has 3 rings (SSSR count). The Morgan fingerprint density at radius 3 is 2.57 bits per heavy atom. The second-order valence-corrected chi connectivity index (χ2v) is 6.37. The number of rotatable bonds is 4. The molecular formula is C15H16N2O3S. The third-order valence-corrected chi connectivity index (χ3v) is 5.05. The van der Waals surface area contributed by atoms with Crippen LogP contribution >= 0.6 is 11.8 Å². The fourth-order valence-corrected chi connectivity index (χ4v) is 3.53. The SMILES string of the molecule is O=C(NC1(C(=O)O)CCC1)C1CSC(c2ccccc2)=N1. The lowest BCUT2D eigenvalue weighted by Gasteiger charge is -2.38. The maximum Gasteiger partial charge on any atom is 0.329 e. The molecule has 1 aliphatic carbocycles. The van der Waals surface area contributed by atoms with Crippen molar-refractivity contribution in [3.63, 3.8) is 0 Å². The van der Waals surface area contributed by atoms with Crippen LogP contribution in [0.2, 0.25) is 0 Å². The van der Waals surface area contributed by atoms with Crippen molar-refractivity contribution in [3.05, 3.63) is 35.9 Å². The van der Waals surface area contributed by atoms with E-state index in [-0.39, 0.29) is 5.91 Å². The Morgan fingerprint density at radius 2 is 2.00 bits per heavy atom. The van der Waals surface area contributed by atoms with Crippen LogP contribution in [0.3, 0.4) is 0 Å². The molecule has 1 heterocycles. The molecule has 1 saturated carbocycles. The van der Waals surface area contributed by atoms with Crippen molar-refractivity contribution in [2.45, 2.75) is 30.8 Å². The Hall–Kier alpha value is -1.82. The summed E-state index contributed by atoms with van der Waals surface area (Å²) in [7, 11) is 0. The Bertz CT molecular complexity index is 596. The number of hydrogen-bond acceptors (Lipinski definition) is 4. The third kappa shape index (κ3) is 2.68. The molecule has 0 bridgehead atoms. The van der Waals surface area contributed by atoms with Gasteiger partial charge in [0.1, 0.15) is 11.6 Å². The highest BCUT2D eigenvalue weighted by Gasteiger charge is 2.46. The van der Waals surface area contributed by atoms with E-state index in [0.717, 1.165) is 17.0 Å². The van der Waals surface area contributed by atoms with Gasteiger partial charge in [-0.15, -0.1) is 11.8 Å². The predicted octanol–water partition coefficient (Wildman–Crippen LogP) is 1.67. The van der Waals surface area contributed by atoms with E-state index in [9.17, 15) is 14.7 Å². The summed E-state index contributed by atoms with van der Waals surface area (Å²) < 4.78 is 0. The molecular weight excluding hydrogens is 288 g/mol. The number of benzene rings is 1. The molecule has 1 amide bonds. The van der Waals surface area contributed by atoms with Gasteiger partial charge in [0.05, 0.1) is 5.04 Å². The molecule has 5 nitrogen and oxygen atoms in total. The number of nitrogens with one attached hydrogen (secondary N) is 1. The van der Waals surface area contributed by atoms with Gasteiger partial charge in [-0.25, -0.2) is 4.79 Å². The minimum absolute atomic E-state index is 0.282. The van der Waals surface area contributed by atoms with E-state index < -0.39 is 17.6 Å². The quantitative estimate of drug-likeness (QED) is 0.887. The van der Waals surface area contributed by atoms with Crippen molar-refractivity contribution in [1.29, 1.82) is 0 Å². The minimum atomic E-state index is -1.06. The van der Waals surface area contributed by atoms with Gasteiger partial charge in [0, 0.05) is 11.3 Å². The van der Waals surface area contributed by atoms with Crippen LogP contribution in [0.4, 0.5) is 0 Å². The van der Waals surface area contributed by atoms with Gasteiger partial charge in [-0.05, 0) is 19.3 Å². The summed E-state index contributed by atoms with van der Waals surface area (Å²) in [4.78, 5) is 28.0. The summed E-state index contributed by atoms with van der Waals surface area (Å²) in [5, 5.41) is 12.8. The highest BCUT2D eigenvalue weighted by atomic mass is 32.2. The van der Waals surface area contributed by atoms with Crippen LogP contribution in [-0.4, -0.2) is 39.4 Å². The topological polar surface area (TPSA) is 78.8 Å². The molecule has 2 aliphatic rings. The third-order valence-electron chi connectivity index (χ3n) is 3.95. The summed E-state index contributed by atoms with van der Waals surface area (Å²) in [6.07, 6.45) is 1.84. The van der Waals surface area contributed by atoms with Crippen LogP contribution in [0.25, 0.3) is 0 Å². The molecule has 6 heteroatoms. The number of aliphatic imine (C=N–C) groups is 1. The van der Waals surface area contributed by atoms with E-state index in [4.69, 9.17) is 0 Å². The summed E-state index contributed by atoms with van der Waals surface area (Å²) in [5.74, 6) is -0.665.